The van der Waals surface area contributed by atoms with Gasteiger partial charge in [-0.15, -0.1) is 0 Å². The van der Waals surface area contributed by atoms with Crippen molar-refractivity contribution in [3.63, 3.8) is 0 Å². The molecule has 0 aliphatic carbocycles. The highest BCUT2D eigenvalue weighted by Crippen LogP contribution is 2.11. The van der Waals surface area contributed by atoms with Crippen molar-refractivity contribution in [1.82, 2.24) is 5.32 Å². The van der Waals surface area contributed by atoms with Crippen molar-refractivity contribution in [1.29, 1.82) is 0 Å². The molecule has 0 aliphatic rings. The number of ether oxygens (including phenoxy) is 1. The molecule has 86 valence electrons. The quantitative estimate of drug-likeness (QED) is 0.671. The van der Waals surface area contributed by atoms with E-state index in [-0.39, 0.29) is 0 Å². The second-order valence-corrected chi connectivity index (χ2v) is 3.60. The minimum absolute atomic E-state index is 0.298. The summed E-state index contributed by atoms with van der Waals surface area (Å²) in [5.74, 6) is 1.000. The largest absolute Gasteiger partial charge is 0.468 e. The van der Waals surface area contributed by atoms with Gasteiger partial charge in [0.25, 0.3) is 0 Å². The fourth-order valence-corrected chi connectivity index (χ4v) is 1.43. The van der Waals surface area contributed by atoms with E-state index in [1.807, 2.05) is 19.1 Å². The third-order valence-electron chi connectivity index (χ3n) is 2.34. The number of furan rings is 1. The standard InChI is InChI=1S/C12H21NO2/c1-3-14-9-5-4-8-13-11(2)12-7-6-10-15-12/h6-7,10-11,13H,3-5,8-9H2,1-2H3. The Morgan fingerprint density at radius 2 is 2.33 bits per heavy atom. The first-order chi connectivity index (χ1) is 7.34. The summed E-state index contributed by atoms with van der Waals surface area (Å²) in [6.07, 6.45) is 3.97. The topological polar surface area (TPSA) is 34.4 Å². The van der Waals surface area contributed by atoms with E-state index in [1.54, 1.807) is 6.26 Å². The summed E-state index contributed by atoms with van der Waals surface area (Å²) in [4.78, 5) is 0. The molecule has 0 saturated carbocycles. The number of hydrogen-bond donors (Lipinski definition) is 1. The molecule has 1 rings (SSSR count). The van der Waals surface area contributed by atoms with E-state index in [4.69, 9.17) is 9.15 Å². The van der Waals surface area contributed by atoms with Crippen molar-refractivity contribution in [3.05, 3.63) is 24.2 Å². The first-order valence-corrected chi connectivity index (χ1v) is 5.69. The minimum Gasteiger partial charge on any atom is -0.468 e. The zero-order valence-corrected chi connectivity index (χ0v) is 9.66. The summed E-state index contributed by atoms with van der Waals surface area (Å²) in [5.41, 5.74) is 0. The second kappa shape index (κ2) is 7.49. The Bertz CT molecular complexity index is 234. The minimum atomic E-state index is 0.298. The molecule has 1 aromatic heterocycles. The molecule has 0 bridgehead atoms. The van der Waals surface area contributed by atoms with E-state index in [0.717, 1.165) is 38.4 Å². The van der Waals surface area contributed by atoms with E-state index in [9.17, 15) is 0 Å². The molecule has 15 heavy (non-hydrogen) atoms. The van der Waals surface area contributed by atoms with Gasteiger partial charge < -0.3 is 14.5 Å². The van der Waals surface area contributed by atoms with Crippen LogP contribution in [0.25, 0.3) is 0 Å². The Labute approximate surface area is 91.8 Å². The van der Waals surface area contributed by atoms with Gasteiger partial charge in [0.15, 0.2) is 0 Å². The van der Waals surface area contributed by atoms with Gasteiger partial charge in [0, 0.05) is 13.2 Å². The molecule has 0 spiro atoms. The fourth-order valence-electron chi connectivity index (χ4n) is 1.43. The molecule has 0 aliphatic heterocycles. The summed E-state index contributed by atoms with van der Waals surface area (Å²) in [6, 6.07) is 4.22. The normalized spacial score (nSPS) is 12.9. The number of hydrogen-bond acceptors (Lipinski definition) is 3. The van der Waals surface area contributed by atoms with Crippen molar-refractivity contribution in [2.24, 2.45) is 0 Å². The van der Waals surface area contributed by atoms with E-state index in [0.29, 0.717) is 6.04 Å². The van der Waals surface area contributed by atoms with Gasteiger partial charge in [-0.25, -0.2) is 0 Å². The lowest BCUT2D eigenvalue weighted by Crippen LogP contribution is -2.19. The van der Waals surface area contributed by atoms with Gasteiger partial charge in [0.05, 0.1) is 12.3 Å². The Kier molecular flexibility index (Phi) is 6.12. The lowest BCUT2D eigenvalue weighted by atomic mass is 10.2. The van der Waals surface area contributed by atoms with Crippen LogP contribution in [0.5, 0.6) is 0 Å². The molecule has 0 amide bonds. The third-order valence-corrected chi connectivity index (χ3v) is 2.34. The lowest BCUT2D eigenvalue weighted by Gasteiger charge is -2.10. The van der Waals surface area contributed by atoms with Gasteiger partial charge in [-0.3, -0.25) is 0 Å². The summed E-state index contributed by atoms with van der Waals surface area (Å²) >= 11 is 0. The molecule has 1 heterocycles. The Morgan fingerprint density at radius 3 is 3.00 bits per heavy atom. The van der Waals surface area contributed by atoms with Gasteiger partial charge >= 0.3 is 0 Å². The van der Waals surface area contributed by atoms with Crippen LogP contribution >= 0.6 is 0 Å². The highest BCUT2D eigenvalue weighted by molar-refractivity contribution is 5.02. The van der Waals surface area contributed by atoms with Crippen molar-refractivity contribution in [2.75, 3.05) is 19.8 Å². The summed E-state index contributed by atoms with van der Waals surface area (Å²) in [6.45, 7) is 6.83. The number of nitrogens with one attached hydrogen (secondary N) is 1. The molecule has 0 aromatic carbocycles. The molecule has 3 heteroatoms. The van der Waals surface area contributed by atoms with Gasteiger partial charge in [-0.1, -0.05) is 0 Å². The smallest absolute Gasteiger partial charge is 0.120 e. The van der Waals surface area contributed by atoms with Crippen LogP contribution in [0.3, 0.4) is 0 Å². The maximum atomic E-state index is 5.30. The number of unbranched alkanes of at least 4 members (excludes halogenated alkanes) is 1. The molecule has 0 radical (unpaired) electrons. The van der Waals surface area contributed by atoms with Crippen LogP contribution in [0.15, 0.2) is 22.8 Å². The Balaban J connectivity index is 2.00. The van der Waals surface area contributed by atoms with Crippen LogP contribution in [-0.4, -0.2) is 19.8 Å². The van der Waals surface area contributed by atoms with Crippen molar-refractivity contribution in [2.45, 2.75) is 32.7 Å². The van der Waals surface area contributed by atoms with Crippen LogP contribution < -0.4 is 5.32 Å². The molecule has 3 nitrogen and oxygen atoms in total. The SMILES string of the molecule is CCOCCCCNC(C)c1ccco1. The van der Waals surface area contributed by atoms with Crippen LogP contribution in [0.4, 0.5) is 0 Å². The lowest BCUT2D eigenvalue weighted by molar-refractivity contribution is 0.143. The van der Waals surface area contributed by atoms with Crippen LogP contribution in [0.2, 0.25) is 0 Å². The van der Waals surface area contributed by atoms with Crippen molar-refractivity contribution in [3.8, 4) is 0 Å². The second-order valence-electron chi connectivity index (χ2n) is 3.60. The van der Waals surface area contributed by atoms with Crippen LogP contribution in [0, 0.1) is 0 Å². The first-order valence-electron chi connectivity index (χ1n) is 5.69. The van der Waals surface area contributed by atoms with Crippen molar-refractivity contribution < 1.29 is 9.15 Å². The molecular weight excluding hydrogens is 190 g/mol. The predicted molar refractivity (Wildman–Crippen MR) is 60.9 cm³/mol. The van der Waals surface area contributed by atoms with Crippen LogP contribution in [0.1, 0.15) is 38.5 Å². The average Bonchev–Trinajstić information content (AvgIpc) is 2.76. The zero-order chi connectivity index (χ0) is 10.9. The van der Waals surface area contributed by atoms with E-state index in [1.165, 1.54) is 0 Å². The molecule has 0 fully saturated rings. The maximum Gasteiger partial charge on any atom is 0.120 e. The summed E-state index contributed by atoms with van der Waals surface area (Å²) in [7, 11) is 0. The Morgan fingerprint density at radius 1 is 1.47 bits per heavy atom. The molecule has 1 unspecified atom stereocenters. The molecular formula is C12H21NO2. The summed E-state index contributed by atoms with van der Waals surface area (Å²) < 4.78 is 10.6. The monoisotopic (exact) mass is 211 g/mol. The first kappa shape index (κ1) is 12.3. The van der Waals surface area contributed by atoms with E-state index in [2.05, 4.69) is 12.2 Å². The fraction of sp³-hybridized carbons (Fsp3) is 0.667. The molecule has 1 aromatic rings. The average molecular weight is 211 g/mol. The Hall–Kier alpha value is -0.800. The third kappa shape index (κ3) is 5.00. The van der Waals surface area contributed by atoms with Gasteiger partial charge in [-0.05, 0) is 45.4 Å². The van der Waals surface area contributed by atoms with Gasteiger partial charge in [0.1, 0.15) is 5.76 Å². The van der Waals surface area contributed by atoms with E-state index < -0.39 is 0 Å². The molecule has 0 saturated heterocycles. The highest BCUT2D eigenvalue weighted by atomic mass is 16.5. The maximum absolute atomic E-state index is 5.30. The van der Waals surface area contributed by atoms with E-state index >= 15 is 0 Å². The number of rotatable bonds is 8. The zero-order valence-electron chi connectivity index (χ0n) is 9.66. The van der Waals surface area contributed by atoms with Crippen molar-refractivity contribution >= 4 is 0 Å². The van der Waals surface area contributed by atoms with Gasteiger partial charge in [0.2, 0.25) is 0 Å². The molecule has 1 atom stereocenters. The summed E-state index contributed by atoms with van der Waals surface area (Å²) in [5, 5.41) is 3.41. The van der Waals surface area contributed by atoms with Gasteiger partial charge in [-0.2, -0.15) is 0 Å². The molecule has 1 N–H and O–H groups in total. The van der Waals surface area contributed by atoms with Crippen LogP contribution in [-0.2, 0) is 4.74 Å². The highest BCUT2D eigenvalue weighted by Gasteiger charge is 2.05. The predicted octanol–water partition coefficient (Wildman–Crippen LogP) is 2.75.